The van der Waals surface area contributed by atoms with Crippen LogP contribution in [-0.2, 0) is 6.42 Å². The number of aliphatic hydroxyl groups is 1. The standard InChI is InChI=1S/C13H18O2/c1-3-8-13(2,15)9-7-11-5-4-6-12(14)10-11/h3-6,10,14-15H,1,7-9H2,2H3. The fourth-order valence-electron chi connectivity index (χ4n) is 1.54. The van der Waals surface area contributed by atoms with E-state index < -0.39 is 5.60 Å². The third-order valence-corrected chi connectivity index (χ3v) is 2.45. The molecule has 0 fully saturated rings. The molecule has 0 spiro atoms. The van der Waals surface area contributed by atoms with Gasteiger partial charge in [0, 0.05) is 0 Å². The Kier molecular flexibility index (Phi) is 3.92. The molecule has 0 aliphatic carbocycles. The molecule has 2 N–H and O–H groups in total. The Morgan fingerprint density at radius 1 is 1.47 bits per heavy atom. The first-order valence-electron chi connectivity index (χ1n) is 5.15. The van der Waals surface area contributed by atoms with Crippen LogP contribution in [0.25, 0.3) is 0 Å². The maximum absolute atomic E-state index is 9.91. The second-order valence-corrected chi connectivity index (χ2v) is 4.16. The van der Waals surface area contributed by atoms with E-state index >= 15 is 0 Å². The number of rotatable bonds is 5. The van der Waals surface area contributed by atoms with Crippen molar-refractivity contribution in [2.45, 2.75) is 31.8 Å². The zero-order valence-corrected chi connectivity index (χ0v) is 9.11. The lowest BCUT2D eigenvalue weighted by atomic mass is 9.94. The first kappa shape index (κ1) is 11.8. The van der Waals surface area contributed by atoms with Crippen LogP contribution >= 0.6 is 0 Å². The van der Waals surface area contributed by atoms with Gasteiger partial charge in [-0.15, -0.1) is 6.58 Å². The van der Waals surface area contributed by atoms with Crippen LogP contribution in [0, 0.1) is 0 Å². The van der Waals surface area contributed by atoms with Gasteiger partial charge >= 0.3 is 0 Å². The summed E-state index contributed by atoms with van der Waals surface area (Å²) in [4.78, 5) is 0. The number of benzene rings is 1. The Bertz CT molecular complexity index is 329. The van der Waals surface area contributed by atoms with Gasteiger partial charge in [0.2, 0.25) is 0 Å². The molecular formula is C13H18O2. The van der Waals surface area contributed by atoms with Gasteiger partial charge in [0.25, 0.3) is 0 Å². The highest BCUT2D eigenvalue weighted by Gasteiger charge is 2.17. The van der Waals surface area contributed by atoms with Crippen molar-refractivity contribution >= 4 is 0 Å². The van der Waals surface area contributed by atoms with E-state index in [1.165, 1.54) is 0 Å². The third-order valence-electron chi connectivity index (χ3n) is 2.45. The van der Waals surface area contributed by atoms with E-state index in [0.717, 1.165) is 12.0 Å². The normalized spacial score (nSPS) is 14.5. The number of aryl methyl sites for hydroxylation is 1. The van der Waals surface area contributed by atoms with E-state index in [0.29, 0.717) is 12.8 Å². The number of phenolic OH excluding ortho intramolecular Hbond substituents is 1. The highest BCUT2D eigenvalue weighted by Crippen LogP contribution is 2.19. The van der Waals surface area contributed by atoms with Gasteiger partial charge in [0.15, 0.2) is 0 Å². The zero-order valence-electron chi connectivity index (χ0n) is 9.11. The Labute approximate surface area is 90.9 Å². The van der Waals surface area contributed by atoms with Gasteiger partial charge in [0.05, 0.1) is 5.60 Å². The van der Waals surface area contributed by atoms with E-state index in [2.05, 4.69) is 6.58 Å². The van der Waals surface area contributed by atoms with Crippen molar-refractivity contribution < 1.29 is 10.2 Å². The van der Waals surface area contributed by atoms with Gasteiger partial charge in [-0.05, 0) is 43.9 Å². The van der Waals surface area contributed by atoms with Crippen molar-refractivity contribution in [3.05, 3.63) is 42.5 Å². The molecule has 1 rings (SSSR count). The molecular weight excluding hydrogens is 188 g/mol. The molecule has 0 saturated heterocycles. The van der Waals surface area contributed by atoms with Gasteiger partial charge in [-0.2, -0.15) is 0 Å². The third kappa shape index (κ3) is 4.17. The SMILES string of the molecule is C=CCC(C)(O)CCc1cccc(O)c1. The Morgan fingerprint density at radius 3 is 2.80 bits per heavy atom. The van der Waals surface area contributed by atoms with E-state index in [4.69, 9.17) is 0 Å². The first-order chi connectivity index (χ1) is 7.03. The zero-order chi connectivity index (χ0) is 11.3. The predicted octanol–water partition coefficient (Wildman–Crippen LogP) is 2.65. The molecule has 15 heavy (non-hydrogen) atoms. The maximum atomic E-state index is 9.91. The van der Waals surface area contributed by atoms with Crippen molar-refractivity contribution in [1.82, 2.24) is 0 Å². The summed E-state index contributed by atoms with van der Waals surface area (Å²) >= 11 is 0. The molecule has 0 heterocycles. The molecule has 0 aliphatic rings. The molecule has 0 aliphatic heterocycles. The van der Waals surface area contributed by atoms with E-state index in [9.17, 15) is 10.2 Å². The molecule has 82 valence electrons. The minimum atomic E-state index is -0.701. The van der Waals surface area contributed by atoms with Gasteiger partial charge in [0.1, 0.15) is 5.75 Å². The summed E-state index contributed by atoms with van der Waals surface area (Å²) in [7, 11) is 0. The van der Waals surface area contributed by atoms with Crippen molar-refractivity contribution in [2.75, 3.05) is 0 Å². The lowest BCUT2D eigenvalue weighted by Gasteiger charge is -2.21. The van der Waals surface area contributed by atoms with Crippen LogP contribution in [0.1, 0.15) is 25.3 Å². The van der Waals surface area contributed by atoms with Crippen molar-refractivity contribution in [3.63, 3.8) is 0 Å². The van der Waals surface area contributed by atoms with Crippen LogP contribution in [0.2, 0.25) is 0 Å². The van der Waals surface area contributed by atoms with Crippen LogP contribution in [0.15, 0.2) is 36.9 Å². The van der Waals surface area contributed by atoms with Crippen LogP contribution in [0.3, 0.4) is 0 Å². The average molecular weight is 206 g/mol. The summed E-state index contributed by atoms with van der Waals surface area (Å²) in [5, 5.41) is 19.2. The minimum Gasteiger partial charge on any atom is -0.508 e. The van der Waals surface area contributed by atoms with Crippen molar-refractivity contribution in [1.29, 1.82) is 0 Å². The molecule has 0 amide bonds. The fourth-order valence-corrected chi connectivity index (χ4v) is 1.54. The molecule has 1 aromatic carbocycles. The summed E-state index contributed by atoms with van der Waals surface area (Å²) in [6.45, 7) is 5.42. The first-order valence-corrected chi connectivity index (χ1v) is 5.15. The fraction of sp³-hybridized carbons (Fsp3) is 0.385. The van der Waals surface area contributed by atoms with E-state index in [1.807, 2.05) is 12.1 Å². The van der Waals surface area contributed by atoms with Crippen molar-refractivity contribution in [3.8, 4) is 5.75 Å². The molecule has 1 unspecified atom stereocenters. The van der Waals surface area contributed by atoms with E-state index in [1.54, 1.807) is 25.1 Å². The van der Waals surface area contributed by atoms with Crippen LogP contribution in [0.4, 0.5) is 0 Å². The van der Waals surface area contributed by atoms with E-state index in [-0.39, 0.29) is 5.75 Å². The molecule has 1 aromatic rings. The molecule has 0 radical (unpaired) electrons. The predicted molar refractivity (Wildman–Crippen MR) is 61.9 cm³/mol. The van der Waals surface area contributed by atoms with Crippen LogP contribution in [-0.4, -0.2) is 15.8 Å². The molecule has 2 heteroatoms. The van der Waals surface area contributed by atoms with Gasteiger partial charge in [-0.25, -0.2) is 0 Å². The second kappa shape index (κ2) is 4.99. The maximum Gasteiger partial charge on any atom is 0.115 e. The lowest BCUT2D eigenvalue weighted by molar-refractivity contribution is 0.0544. The molecule has 1 atom stereocenters. The van der Waals surface area contributed by atoms with Crippen LogP contribution < -0.4 is 0 Å². The quantitative estimate of drug-likeness (QED) is 0.727. The van der Waals surface area contributed by atoms with Crippen molar-refractivity contribution in [2.24, 2.45) is 0 Å². The van der Waals surface area contributed by atoms with Crippen LogP contribution in [0.5, 0.6) is 5.75 Å². The van der Waals surface area contributed by atoms with Gasteiger partial charge in [-0.3, -0.25) is 0 Å². The minimum absolute atomic E-state index is 0.274. The molecule has 2 nitrogen and oxygen atoms in total. The molecule has 0 bridgehead atoms. The summed E-state index contributed by atoms with van der Waals surface area (Å²) in [5.41, 5.74) is 0.340. The number of hydrogen-bond acceptors (Lipinski definition) is 2. The topological polar surface area (TPSA) is 40.5 Å². The molecule has 0 saturated carbocycles. The second-order valence-electron chi connectivity index (χ2n) is 4.16. The number of hydrogen-bond donors (Lipinski definition) is 2. The number of aromatic hydroxyl groups is 1. The summed E-state index contributed by atoms with van der Waals surface area (Å²) in [6.07, 6.45) is 3.74. The summed E-state index contributed by atoms with van der Waals surface area (Å²) in [5.74, 6) is 0.274. The molecule has 0 aromatic heterocycles. The highest BCUT2D eigenvalue weighted by molar-refractivity contribution is 5.27. The smallest absolute Gasteiger partial charge is 0.115 e. The Balaban J connectivity index is 2.53. The Morgan fingerprint density at radius 2 is 2.20 bits per heavy atom. The Hall–Kier alpha value is -1.28. The monoisotopic (exact) mass is 206 g/mol. The average Bonchev–Trinajstić information content (AvgIpc) is 2.15. The largest absolute Gasteiger partial charge is 0.508 e. The summed E-state index contributed by atoms with van der Waals surface area (Å²) < 4.78 is 0. The summed E-state index contributed by atoms with van der Waals surface area (Å²) in [6, 6.07) is 7.13. The van der Waals surface area contributed by atoms with Gasteiger partial charge < -0.3 is 10.2 Å². The van der Waals surface area contributed by atoms with Gasteiger partial charge in [-0.1, -0.05) is 18.2 Å². The lowest BCUT2D eigenvalue weighted by Crippen LogP contribution is -2.23. The highest BCUT2D eigenvalue weighted by atomic mass is 16.3. The number of phenols is 1.